The van der Waals surface area contributed by atoms with Crippen LogP contribution in [0.25, 0.3) is 0 Å². The zero-order valence-electron chi connectivity index (χ0n) is 13.0. The van der Waals surface area contributed by atoms with Gasteiger partial charge >= 0.3 is 0 Å². The zero-order chi connectivity index (χ0) is 15.4. The average Bonchev–Trinajstić information content (AvgIpc) is 2.40. The van der Waals surface area contributed by atoms with Crippen molar-refractivity contribution in [2.75, 3.05) is 0 Å². The smallest absolute Gasteiger partial charge is 0.00976 e. The highest BCUT2D eigenvalue weighted by atomic mass is 14.0. The van der Waals surface area contributed by atoms with Gasteiger partial charge in [0.15, 0.2) is 0 Å². The fourth-order valence-corrected chi connectivity index (χ4v) is 1.51. The van der Waals surface area contributed by atoms with Crippen LogP contribution in [0.4, 0.5) is 0 Å². The summed E-state index contributed by atoms with van der Waals surface area (Å²) in [4.78, 5) is 0. The van der Waals surface area contributed by atoms with Gasteiger partial charge in [0.25, 0.3) is 0 Å². The molecule has 0 heteroatoms. The summed E-state index contributed by atoms with van der Waals surface area (Å²) in [5, 5.41) is 0. The van der Waals surface area contributed by atoms with Crippen molar-refractivity contribution in [3.8, 4) is 0 Å². The van der Waals surface area contributed by atoms with Gasteiger partial charge < -0.3 is 0 Å². The normalized spacial score (nSPS) is 13.6. The van der Waals surface area contributed by atoms with E-state index < -0.39 is 0 Å². The fraction of sp³-hybridized carbons (Fsp3) is 0.200. The lowest BCUT2D eigenvalue weighted by molar-refractivity contribution is 1.26. The van der Waals surface area contributed by atoms with Gasteiger partial charge in [-0.3, -0.25) is 0 Å². The molecule has 0 heterocycles. The third-order valence-corrected chi connectivity index (χ3v) is 2.69. The Morgan fingerprint density at radius 1 is 1.00 bits per heavy atom. The van der Waals surface area contributed by atoms with Crippen LogP contribution in [0.2, 0.25) is 0 Å². The second-order valence-corrected chi connectivity index (χ2v) is 4.65. The lowest BCUT2D eigenvalue weighted by Crippen LogP contribution is -1.81. The average molecular weight is 266 g/mol. The van der Waals surface area contributed by atoms with E-state index in [0.29, 0.717) is 0 Å². The first kappa shape index (κ1) is 17.9. The molecule has 0 aliphatic heterocycles. The molecule has 20 heavy (non-hydrogen) atoms. The molecule has 0 unspecified atom stereocenters. The van der Waals surface area contributed by atoms with Crippen LogP contribution in [0.3, 0.4) is 0 Å². The summed E-state index contributed by atoms with van der Waals surface area (Å²) in [5.74, 6) is 0. The minimum Gasteiger partial charge on any atom is -0.0991 e. The van der Waals surface area contributed by atoms with Gasteiger partial charge in [0.2, 0.25) is 0 Å². The molecule has 0 amide bonds. The van der Waals surface area contributed by atoms with Crippen LogP contribution in [0.1, 0.15) is 27.2 Å². The molecule has 0 N–H and O–H groups in total. The van der Waals surface area contributed by atoms with Crippen molar-refractivity contribution in [1.82, 2.24) is 0 Å². The Balaban J connectivity index is 4.58. The van der Waals surface area contributed by atoms with Crippen molar-refractivity contribution >= 4 is 0 Å². The molecule has 0 aliphatic carbocycles. The number of allylic oxidation sites excluding steroid dienone is 13. The molecule has 106 valence electrons. The van der Waals surface area contributed by atoms with E-state index in [1.54, 1.807) is 6.08 Å². The Morgan fingerprint density at radius 2 is 1.70 bits per heavy atom. The largest absolute Gasteiger partial charge is 0.0991 e. The van der Waals surface area contributed by atoms with E-state index in [4.69, 9.17) is 0 Å². The van der Waals surface area contributed by atoms with Gasteiger partial charge in [0.05, 0.1) is 0 Å². The molecule has 0 aromatic heterocycles. The molecule has 0 aromatic rings. The van der Waals surface area contributed by atoms with Crippen LogP contribution >= 0.6 is 0 Å². The maximum absolute atomic E-state index is 4.07. The summed E-state index contributed by atoms with van der Waals surface area (Å²) < 4.78 is 0. The van der Waals surface area contributed by atoms with Gasteiger partial charge in [-0.2, -0.15) is 0 Å². The Morgan fingerprint density at radius 3 is 2.25 bits per heavy atom. The monoisotopic (exact) mass is 266 g/mol. The summed E-state index contributed by atoms with van der Waals surface area (Å²) in [7, 11) is 0. The number of hydrogen-bond acceptors (Lipinski definition) is 0. The first-order valence-corrected chi connectivity index (χ1v) is 6.81. The van der Waals surface area contributed by atoms with Crippen molar-refractivity contribution in [3.63, 3.8) is 0 Å². The molecule has 0 nitrogen and oxygen atoms in total. The van der Waals surface area contributed by atoms with E-state index in [1.165, 1.54) is 5.57 Å². The summed E-state index contributed by atoms with van der Waals surface area (Å²) in [6.07, 6.45) is 19.0. The van der Waals surface area contributed by atoms with Crippen LogP contribution in [0, 0.1) is 0 Å². The molecule has 0 atom stereocenters. The fourth-order valence-electron chi connectivity index (χ4n) is 1.51. The molecule has 0 radical (unpaired) electrons. The predicted octanol–water partition coefficient (Wildman–Crippen LogP) is 6.26. The Kier molecular flexibility index (Phi) is 9.68. The van der Waals surface area contributed by atoms with E-state index in [2.05, 4.69) is 51.0 Å². The van der Waals surface area contributed by atoms with Crippen LogP contribution in [-0.2, 0) is 0 Å². The van der Waals surface area contributed by atoms with Crippen molar-refractivity contribution in [3.05, 3.63) is 96.7 Å². The van der Waals surface area contributed by atoms with E-state index >= 15 is 0 Å². The molecule has 0 fully saturated rings. The summed E-state index contributed by atoms with van der Waals surface area (Å²) in [5.41, 5.74) is 4.47. The number of hydrogen-bond donors (Lipinski definition) is 0. The van der Waals surface area contributed by atoms with Gasteiger partial charge in [-0.15, -0.1) is 0 Å². The molecule has 0 bridgehead atoms. The molecule has 0 saturated carbocycles. The highest BCUT2D eigenvalue weighted by molar-refractivity contribution is 5.41. The quantitative estimate of drug-likeness (QED) is 0.455. The molecule has 0 rings (SSSR count). The summed E-state index contributed by atoms with van der Waals surface area (Å²) >= 11 is 0. The maximum atomic E-state index is 4.07. The van der Waals surface area contributed by atoms with Crippen molar-refractivity contribution in [2.24, 2.45) is 0 Å². The Hall–Kier alpha value is -2.08. The Labute approximate surface area is 124 Å². The third-order valence-electron chi connectivity index (χ3n) is 2.69. The molecule has 0 saturated heterocycles. The first-order chi connectivity index (χ1) is 9.51. The van der Waals surface area contributed by atoms with Gasteiger partial charge in [-0.25, -0.2) is 0 Å². The lowest BCUT2D eigenvalue weighted by atomic mass is 10.0. The third kappa shape index (κ3) is 8.93. The first-order valence-electron chi connectivity index (χ1n) is 6.81. The highest BCUT2D eigenvalue weighted by Crippen LogP contribution is 2.13. The zero-order valence-corrected chi connectivity index (χ0v) is 13.0. The van der Waals surface area contributed by atoms with E-state index in [9.17, 15) is 0 Å². The second-order valence-electron chi connectivity index (χ2n) is 4.65. The van der Waals surface area contributed by atoms with Gasteiger partial charge in [-0.1, -0.05) is 80.0 Å². The standard InChI is InChI=1S/C20H26/c1-7-9-10-11-12-13-20(8-2)15-14-18(5)19(6)16-17(3)4/h7-12,14-16H,1,3,5,13H2,2,4,6H3/b10-9-,12-11-,15-14-,19-16+,20-8-. The molecular formula is C20H26. The van der Waals surface area contributed by atoms with Crippen LogP contribution in [-0.4, -0.2) is 0 Å². The van der Waals surface area contributed by atoms with Gasteiger partial charge in [0.1, 0.15) is 0 Å². The minimum absolute atomic E-state index is 0.908. The number of rotatable bonds is 8. The molecular weight excluding hydrogens is 240 g/mol. The molecule has 0 aromatic carbocycles. The van der Waals surface area contributed by atoms with Crippen LogP contribution < -0.4 is 0 Å². The molecule has 0 spiro atoms. The van der Waals surface area contributed by atoms with E-state index in [0.717, 1.165) is 23.1 Å². The SMILES string of the molecule is C=C/C=C\C=C/CC(/C=C\C(=C)/C(C)=C/C(=C)C)=C/C. The minimum atomic E-state index is 0.908. The summed E-state index contributed by atoms with van der Waals surface area (Å²) in [6.45, 7) is 17.7. The maximum Gasteiger partial charge on any atom is -0.00976 e. The van der Waals surface area contributed by atoms with E-state index in [1.807, 2.05) is 38.2 Å². The topological polar surface area (TPSA) is 0 Å². The van der Waals surface area contributed by atoms with Crippen LogP contribution in [0.15, 0.2) is 96.7 Å². The summed E-state index contributed by atoms with van der Waals surface area (Å²) in [6, 6.07) is 0. The predicted molar refractivity (Wildman–Crippen MR) is 93.7 cm³/mol. The highest BCUT2D eigenvalue weighted by Gasteiger charge is 1.93. The van der Waals surface area contributed by atoms with E-state index in [-0.39, 0.29) is 0 Å². The van der Waals surface area contributed by atoms with Gasteiger partial charge in [-0.05, 0) is 43.9 Å². The lowest BCUT2D eigenvalue weighted by Gasteiger charge is -2.01. The molecule has 0 aliphatic rings. The van der Waals surface area contributed by atoms with Crippen molar-refractivity contribution < 1.29 is 0 Å². The Bertz CT molecular complexity index is 488. The van der Waals surface area contributed by atoms with Crippen molar-refractivity contribution in [1.29, 1.82) is 0 Å². The van der Waals surface area contributed by atoms with Gasteiger partial charge in [0, 0.05) is 0 Å². The second kappa shape index (κ2) is 10.8. The van der Waals surface area contributed by atoms with Crippen LogP contribution in [0.5, 0.6) is 0 Å². The van der Waals surface area contributed by atoms with Crippen molar-refractivity contribution in [2.45, 2.75) is 27.2 Å².